The van der Waals surface area contributed by atoms with Crippen LogP contribution in [0.3, 0.4) is 0 Å². The van der Waals surface area contributed by atoms with E-state index in [9.17, 15) is 0 Å². The van der Waals surface area contributed by atoms with Gasteiger partial charge in [-0.3, -0.25) is 0 Å². The standard InChI is InChI=1S/C22H38O5Si/c1-16-10-11-18(26-28(8,9)19(2,3)4)22-12-17(13-24-15-23-7)25-21(6,27-22)14-20(16,22)5/h12,18H,1,10-11,13-15H2,2-9H3/t18-,20-,21-,22+/m1/s1. The van der Waals surface area contributed by atoms with Gasteiger partial charge in [0.15, 0.2) is 8.32 Å². The van der Waals surface area contributed by atoms with E-state index in [0.717, 1.165) is 25.0 Å². The maximum Gasteiger partial charge on any atom is 0.209 e. The molecule has 2 aliphatic heterocycles. The molecule has 28 heavy (non-hydrogen) atoms. The van der Waals surface area contributed by atoms with Gasteiger partial charge < -0.3 is 23.4 Å². The molecule has 0 unspecified atom stereocenters. The van der Waals surface area contributed by atoms with E-state index in [1.807, 2.05) is 6.92 Å². The van der Waals surface area contributed by atoms with Crippen LogP contribution >= 0.6 is 0 Å². The fourth-order valence-electron chi connectivity index (χ4n) is 4.76. The summed E-state index contributed by atoms with van der Waals surface area (Å²) in [5.74, 6) is 0.102. The monoisotopic (exact) mass is 410 g/mol. The van der Waals surface area contributed by atoms with Gasteiger partial charge in [0, 0.05) is 25.9 Å². The van der Waals surface area contributed by atoms with Crippen molar-refractivity contribution in [2.24, 2.45) is 5.41 Å². The smallest absolute Gasteiger partial charge is 0.209 e. The highest BCUT2D eigenvalue weighted by molar-refractivity contribution is 6.74. The molecule has 1 aliphatic carbocycles. The first-order chi connectivity index (χ1) is 12.8. The van der Waals surface area contributed by atoms with Crippen molar-refractivity contribution in [2.75, 3.05) is 20.5 Å². The molecule has 2 bridgehead atoms. The summed E-state index contributed by atoms with van der Waals surface area (Å²) in [4.78, 5) is 0. The van der Waals surface area contributed by atoms with Crippen LogP contribution in [0.2, 0.25) is 18.1 Å². The minimum Gasteiger partial charge on any atom is -0.465 e. The minimum atomic E-state index is -1.98. The van der Waals surface area contributed by atoms with Crippen LogP contribution in [0.15, 0.2) is 24.0 Å². The van der Waals surface area contributed by atoms with Crippen molar-refractivity contribution in [1.29, 1.82) is 0 Å². The van der Waals surface area contributed by atoms with E-state index < -0.39 is 19.7 Å². The van der Waals surface area contributed by atoms with Crippen molar-refractivity contribution >= 4 is 8.32 Å². The van der Waals surface area contributed by atoms with Crippen LogP contribution in [0.25, 0.3) is 0 Å². The van der Waals surface area contributed by atoms with Crippen molar-refractivity contribution in [3.05, 3.63) is 24.0 Å². The summed E-state index contributed by atoms with van der Waals surface area (Å²) in [6.45, 7) is 20.8. The molecule has 2 heterocycles. The Kier molecular flexibility index (Phi) is 5.47. The molecule has 0 amide bonds. The van der Waals surface area contributed by atoms with E-state index in [4.69, 9.17) is 23.4 Å². The Hall–Kier alpha value is -0.663. The van der Waals surface area contributed by atoms with Crippen LogP contribution in [0.4, 0.5) is 0 Å². The van der Waals surface area contributed by atoms with Crippen molar-refractivity contribution in [1.82, 2.24) is 0 Å². The lowest BCUT2D eigenvalue weighted by Crippen LogP contribution is -2.61. The molecular formula is C22H38O5Si. The lowest BCUT2D eigenvalue weighted by Gasteiger charge is -2.54. The van der Waals surface area contributed by atoms with Gasteiger partial charge in [-0.05, 0) is 37.0 Å². The third-order valence-corrected chi connectivity index (χ3v) is 11.8. The third kappa shape index (κ3) is 3.41. The van der Waals surface area contributed by atoms with Gasteiger partial charge in [0.1, 0.15) is 24.8 Å². The van der Waals surface area contributed by atoms with E-state index in [-0.39, 0.29) is 23.4 Å². The lowest BCUT2D eigenvalue weighted by atomic mass is 9.60. The van der Waals surface area contributed by atoms with Gasteiger partial charge in [-0.1, -0.05) is 39.8 Å². The van der Waals surface area contributed by atoms with Crippen molar-refractivity contribution < 1.29 is 23.4 Å². The first-order valence-electron chi connectivity index (χ1n) is 10.3. The van der Waals surface area contributed by atoms with Gasteiger partial charge in [-0.25, -0.2) is 0 Å². The summed E-state index contributed by atoms with van der Waals surface area (Å²) in [5.41, 5.74) is 0.428. The molecule has 0 aromatic carbocycles. The van der Waals surface area contributed by atoms with Crippen LogP contribution < -0.4 is 0 Å². The first kappa shape index (κ1) is 22.0. The highest BCUT2D eigenvalue weighted by atomic mass is 28.4. The Labute approximate surface area is 171 Å². The Morgan fingerprint density at radius 1 is 1.29 bits per heavy atom. The number of methoxy groups -OCH3 is 1. The molecule has 1 saturated carbocycles. The molecule has 5 nitrogen and oxygen atoms in total. The molecule has 1 spiro atoms. The Bertz CT molecular complexity index is 666. The number of ether oxygens (including phenoxy) is 4. The summed E-state index contributed by atoms with van der Waals surface area (Å²) in [6.07, 6.45) is 4.74. The zero-order chi connectivity index (χ0) is 21.0. The summed E-state index contributed by atoms with van der Waals surface area (Å²) >= 11 is 0. The average molecular weight is 411 g/mol. The van der Waals surface area contributed by atoms with Crippen LogP contribution in [0.5, 0.6) is 0 Å². The summed E-state index contributed by atoms with van der Waals surface area (Å²) in [5, 5.41) is 0.135. The predicted octanol–water partition coefficient (Wildman–Crippen LogP) is 5.14. The molecule has 2 fully saturated rings. The molecule has 4 atom stereocenters. The normalized spacial score (nSPS) is 38.1. The van der Waals surface area contributed by atoms with E-state index >= 15 is 0 Å². The highest BCUT2D eigenvalue weighted by Gasteiger charge is 2.70. The van der Waals surface area contributed by atoms with E-state index in [0.29, 0.717) is 6.61 Å². The molecule has 1 saturated heterocycles. The van der Waals surface area contributed by atoms with E-state index in [1.165, 1.54) is 5.57 Å². The second-order valence-electron chi connectivity index (χ2n) is 10.5. The number of hydrogen-bond donors (Lipinski definition) is 0. The molecule has 0 aromatic rings. The van der Waals surface area contributed by atoms with Gasteiger partial charge in [0.25, 0.3) is 0 Å². The fraction of sp³-hybridized carbons (Fsp3) is 0.818. The van der Waals surface area contributed by atoms with E-state index in [2.05, 4.69) is 53.4 Å². The summed E-state index contributed by atoms with van der Waals surface area (Å²) in [6, 6.07) is 0. The number of hydrogen-bond acceptors (Lipinski definition) is 5. The molecule has 3 aliphatic rings. The Morgan fingerprint density at radius 3 is 2.57 bits per heavy atom. The molecule has 3 rings (SSSR count). The van der Waals surface area contributed by atoms with Crippen LogP contribution in [-0.4, -0.2) is 46.3 Å². The summed E-state index contributed by atoms with van der Waals surface area (Å²) < 4.78 is 30.5. The van der Waals surface area contributed by atoms with Crippen LogP contribution in [-0.2, 0) is 23.4 Å². The molecular weight excluding hydrogens is 372 g/mol. The number of rotatable bonds is 6. The molecule has 0 radical (unpaired) electrons. The van der Waals surface area contributed by atoms with Gasteiger partial charge >= 0.3 is 0 Å². The SMILES string of the molecule is C=C1CC[C@@H](O[Si](C)(C)C(C)(C)C)[C@@]23C=C(COCOC)O[C@@](C)(C[C@]12C)O3. The topological polar surface area (TPSA) is 46.2 Å². The van der Waals surface area contributed by atoms with Gasteiger partial charge in [0.05, 0.1) is 6.10 Å². The van der Waals surface area contributed by atoms with Crippen LogP contribution in [0.1, 0.15) is 53.9 Å². The fourth-order valence-corrected chi connectivity index (χ4v) is 6.12. The molecule has 6 heteroatoms. The zero-order valence-corrected chi connectivity index (χ0v) is 19.9. The van der Waals surface area contributed by atoms with Gasteiger partial charge in [-0.15, -0.1) is 0 Å². The highest BCUT2D eigenvalue weighted by Crippen LogP contribution is 2.64. The van der Waals surface area contributed by atoms with Gasteiger partial charge in [0.2, 0.25) is 5.79 Å². The van der Waals surface area contributed by atoms with Crippen molar-refractivity contribution in [3.63, 3.8) is 0 Å². The molecule has 0 N–H and O–H groups in total. The number of fused-ring (bicyclic) bond motifs is 1. The third-order valence-electron chi connectivity index (χ3n) is 7.30. The van der Waals surface area contributed by atoms with Gasteiger partial charge in [-0.2, -0.15) is 0 Å². The summed E-state index contributed by atoms with van der Waals surface area (Å²) in [7, 11) is -0.358. The first-order valence-corrected chi connectivity index (χ1v) is 13.2. The maximum absolute atomic E-state index is 6.97. The lowest BCUT2D eigenvalue weighted by molar-refractivity contribution is -0.256. The van der Waals surface area contributed by atoms with Crippen molar-refractivity contribution in [3.8, 4) is 0 Å². The average Bonchev–Trinajstić information content (AvgIpc) is 2.73. The predicted molar refractivity (Wildman–Crippen MR) is 112 cm³/mol. The maximum atomic E-state index is 6.97. The largest absolute Gasteiger partial charge is 0.465 e. The van der Waals surface area contributed by atoms with Crippen LogP contribution in [0, 0.1) is 5.41 Å². The second kappa shape index (κ2) is 6.95. The van der Waals surface area contributed by atoms with Crippen molar-refractivity contribution in [2.45, 2.75) is 89.5 Å². The molecule has 160 valence electrons. The van der Waals surface area contributed by atoms with E-state index in [1.54, 1.807) is 7.11 Å². The quantitative estimate of drug-likeness (QED) is 0.262. The second-order valence-corrected chi connectivity index (χ2v) is 15.3. The Morgan fingerprint density at radius 2 is 1.96 bits per heavy atom. The molecule has 0 aromatic heterocycles. The minimum absolute atomic E-state index is 0.0213. The zero-order valence-electron chi connectivity index (χ0n) is 18.9. The Balaban J connectivity index is 2.01.